The Morgan fingerprint density at radius 3 is 2.76 bits per heavy atom. The number of piperidine rings is 1. The Kier molecular flexibility index (Phi) is 3.97. The van der Waals surface area contributed by atoms with Crippen molar-refractivity contribution in [2.24, 2.45) is 0 Å². The minimum Gasteiger partial charge on any atom is -0.461 e. The van der Waals surface area contributed by atoms with Gasteiger partial charge in [0.1, 0.15) is 23.8 Å². The summed E-state index contributed by atoms with van der Waals surface area (Å²) in [5.41, 5.74) is 0. The number of hydrogen-bond acceptors (Lipinski definition) is 5. The van der Waals surface area contributed by atoms with Gasteiger partial charge in [-0.1, -0.05) is 6.42 Å². The molecule has 1 aromatic heterocycles. The van der Waals surface area contributed by atoms with Gasteiger partial charge in [0, 0.05) is 12.5 Å². The summed E-state index contributed by atoms with van der Waals surface area (Å²) >= 11 is 0. The van der Waals surface area contributed by atoms with Crippen LogP contribution in [0.2, 0.25) is 0 Å². The van der Waals surface area contributed by atoms with Gasteiger partial charge in [0.2, 0.25) is 0 Å². The zero-order valence-electron chi connectivity index (χ0n) is 13.1. The van der Waals surface area contributed by atoms with Gasteiger partial charge < -0.3 is 4.74 Å². The number of aryl methyl sites for hydroxylation is 2. The minimum atomic E-state index is -0.0739. The highest BCUT2D eigenvalue weighted by molar-refractivity contribution is 5.78. The van der Waals surface area contributed by atoms with Crippen molar-refractivity contribution in [2.45, 2.75) is 71.2 Å². The standard InChI is InChI=1S/C15H24N4O2/c1-10-8-14(15(20)21-10)18-7-5-4-6-13(18)9-19-12(3)16-11(2)17-19/h10,13-14H,4-9H2,1-3H3. The van der Waals surface area contributed by atoms with Crippen LogP contribution < -0.4 is 0 Å². The maximum atomic E-state index is 12.1. The third kappa shape index (κ3) is 2.95. The van der Waals surface area contributed by atoms with Crippen LogP contribution in [0.25, 0.3) is 0 Å². The lowest BCUT2D eigenvalue weighted by Gasteiger charge is -2.38. The van der Waals surface area contributed by atoms with Crippen LogP contribution in [0.3, 0.4) is 0 Å². The van der Waals surface area contributed by atoms with Crippen molar-refractivity contribution in [1.82, 2.24) is 19.7 Å². The molecule has 116 valence electrons. The number of carbonyl (C=O) groups is 1. The third-order valence-electron chi connectivity index (χ3n) is 4.56. The average Bonchev–Trinajstić information content (AvgIpc) is 2.92. The maximum Gasteiger partial charge on any atom is 0.323 e. The predicted molar refractivity (Wildman–Crippen MR) is 77.8 cm³/mol. The van der Waals surface area contributed by atoms with Crippen LogP contribution in [0, 0.1) is 13.8 Å². The molecule has 6 nitrogen and oxygen atoms in total. The molecule has 3 unspecified atom stereocenters. The number of likely N-dealkylation sites (tertiary alicyclic amines) is 1. The van der Waals surface area contributed by atoms with E-state index in [-0.39, 0.29) is 18.1 Å². The summed E-state index contributed by atoms with van der Waals surface area (Å²) in [5.74, 6) is 1.70. The Morgan fingerprint density at radius 1 is 1.33 bits per heavy atom. The van der Waals surface area contributed by atoms with Gasteiger partial charge in [-0.3, -0.25) is 9.69 Å². The van der Waals surface area contributed by atoms with Gasteiger partial charge in [-0.2, -0.15) is 5.10 Å². The van der Waals surface area contributed by atoms with E-state index in [1.807, 2.05) is 25.5 Å². The Balaban J connectivity index is 1.75. The van der Waals surface area contributed by atoms with Gasteiger partial charge in [-0.25, -0.2) is 9.67 Å². The van der Waals surface area contributed by atoms with E-state index in [2.05, 4.69) is 15.0 Å². The fraction of sp³-hybridized carbons (Fsp3) is 0.800. The molecule has 2 aliphatic heterocycles. The minimum absolute atomic E-state index is 0.0421. The van der Waals surface area contributed by atoms with E-state index in [4.69, 9.17) is 4.74 Å². The lowest BCUT2D eigenvalue weighted by Crippen LogP contribution is -2.50. The number of nitrogens with zero attached hydrogens (tertiary/aromatic N) is 4. The van der Waals surface area contributed by atoms with Crippen molar-refractivity contribution >= 4 is 5.97 Å². The molecule has 1 aromatic rings. The summed E-state index contributed by atoms with van der Waals surface area (Å²) in [6.45, 7) is 7.66. The highest BCUT2D eigenvalue weighted by Gasteiger charge is 2.40. The molecule has 0 aliphatic carbocycles. The number of carbonyl (C=O) groups excluding carboxylic acids is 1. The molecule has 3 rings (SSSR count). The van der Waals surface area contributed by atoms with Gasteiger partial charge in [-0.05, 0) is 40.2 Å². The number of cyclic esters (lactones) is 1. The first kappa shape index (κ1) is 14.5. The zero-order valence-corrected chi connectivity index (χ0v) is 13.1. The topological polar surface area (TPSA) is 60.2 Å². The number of ether oxygens (including phenoxy) is 1. The Bertz CT molecular complexity index is 528. The number of rotatable bonds is 3. The SMILES string of the molecule is Cc1nc(C)n(CC2CCCCN2C2CC(C)OC2=O)n1. The summed E-state index contributed by atoms with van der Waals surface area (Å²) in [5, 5.41) is 4.46. The molecule has 0 radical (unpaired) electrons. The Hall–Kier alpha value is -1.43. The monoisotopic (exact) mass is 292 g/mol. The van der Waals surface area contributed by atoms with Crippen molar-refractivity contribution < 1.29 is 9.53 Å². The van der Waals surface area contributed by atoms with Gasteiger partial charge >= 0.3 is 5.97 Å². The van der Waals surface area contributed by atoms with E-state index in [0.717, 1.165) is 44.0 Å². The molecule has 3 heterocycles. The molecule has 0 bridgehead atoms. The van der Waals surface area contributed by atoms with E-state index in [1.165, 1.54) is 6.42 Å². The molecule has 2 saturated heterocycles. The third-order valence-corrected chi connectivity index (χ3v) is 4.56. The smallest absolute Gasteiger partial charge is 0.323 e. The summed E-state index contributed by atoms with van der Waals surface area (Å²) < 4.78 is 7.31. The molecule has 0 aromatic carbocycles. The maximum absolute atomic E-state index is 12.1. The van der Waals surface area contributed by atoms with Crippen molar-refractivity contribution in [3.8, 4) is 0 Å². The molecule has 0 saturated carbocycles. The largest absolute Gasteiger partial charge is 0.461 e. The second-order valence-corrected chi connectivity index (χ2v) is 6.27. The predicted octanol–water partition coefficient (Wildman–Crippen LogP) is 1.45. The summed E-state index contributed by atoms with van der Waals surface area (Å²) in [6, 6.07) is 0.275. The van der Waals surface area contributed by atoms with Crippen molar-refractivity contribution in [1.29, 1.82) is 0 Å². The van der Waals surface area contributed by atoms with Crippen LogP contribution in [-0.2, 0) is 16.1 Å². The Labute approximate surface area is 125 Å². The average molecular weight is 292 g/mol. The molecule has 0 N–H and O–H groups in total. The number of hydrogen-bond donors (Lipinski definition) is 0. The second-order valence-electron chi connectivity index (χ2n) is 6.27. The van der Waals surface area contributed by atoms with Crippen LogP contribution >= 0.6 is 0 Å². The van der Waals surface area contributed by atoms with Gasteiger partial charge in [0.25, 0.3) is 0 Å². The fourth-order valence-electron chi connectivity index (χ4n) is 3.57. The van der Waals surface area contributed by atoms with Gasteiger partial charge in [-0.15, -0.1) is 0 Å². The molecule has 6 heteroatoms. The summed E-state index contributed by atoms with van der Waals surface area (Å²) in [7, 11) is 0. The highest BCUT2D eigenvalue weighted by Crippen LogP contribution is 2.27. The first-order chi connectivity index (χ1) is 10.0. The van der Waals surface area contributed by atoms with Gasteiger partial charge in [0.15, 0.2) is 0 Å². The lowest BCUT2D eigenvalue weighted by atomic mass is 9.98. The van der Waals surface area contributed by atoms with Gasteiger partial charge in [0.05, 0.1) is 6.54 Å². The van der Waals surface area contributed by atoms with E-state index >= 15 is 0 Å². The molecule has 3 atom stereocenters. The fourth-order valence-corrected chi connectivity index (χ4v) is 3.57. The van der Waals surface area contributed by atoms with Crippen LogP contribution in [0.4, 0.5) is 0 Å². The van der Waals surface area contributed by atoms with Crippen molar-refractivity contribution in [3.05, 3.63) is 11.6 Å². The number of esters is 1. The van der Waals surface area contributed by atoms with Crippen molar-refractivity contribution in [2.75, 3.05) is 6.54 Å². The van der Waals surface area contributed by atoms with Crippen LogP contribution in [0.1, 0.15) is 44.3 Å². The first-order valence-corrected chi connectivity index (χ1v) is 7.89. The molecule has 2 aliphatic rings. The van der Waals surface area contributed by atoms with E-state index < -0.39 is 0 Å². The molecular formula is C15H24N4O2. The van der Waals surface area contributed by atoms with Crippen LogP contribution in [0.5, 0.6) is 0 Å². The normalized spacial score (nSPS) is 30.6. The van der Waals surface area contributed by atoms with E-state index in [1.54, 1.807) is 0 Å². The summed E-state index contributed by atoms with van der Waals surface area (Å²) in [6.07, 6.45) is 4.33. The molecular weight excluding hydrogens is 268 g/mol. The van der Waals surface area contributed by atoms with Crippen LogP contribution in [0.15, 0.2) is 0 Å². The van der Waals surface area contributed by atoms with Crippen LogP contribution in [-0.4, -0.2) is 50.4 Å². The molecule has 0 spiro atoms. The quantitative estimate of drug-likeness (QED) is 0.789. The molecule has 0 amide bonds. The van der Waals surface area contributed by atoms with Crippen molar-refractivity contribution in [3.63, 3.8) is 0 Å². The first-order valence-electron chi connectivity index (χ1n) is 7.89. The zero-order chi connectivity index (χ0) is 15.0. The van der Waals surface area contributed by atoms with E-state index in [0.29, 0.717) is 6.04 Å². The molecule has 2 fully saturated rings. The van der Waals surface area contributed by atoms with E-state index in [9.17, 15) is 4.79 Å². The summed E-state index contributed by atoms with van der Waals surface area (Å²) in [4.78, 5) is 18.8. The number of aromatic nitrogens is 3. The Morgan fingerprint density at radius 2 is 2.14 bits per heavy atom. The lowest BCUT2D eigenvalue weighted by molar-refractivity contribution is -0.146. The highest BCUT2D eigenvalue weighted by atomic mass is 16.6. The molecule has 21 heavy (non-hydrogen) atoms. The second kappa shape index (κ2) is 5.75.